The van der Waals surface area contributed by atoms with Crippen LogP contribution < -0.4 is 10.1 Å². The van der Waals surface area contributed by atoms with Gasteiger partial charge in [0.1, 0.15) is 12.4 Å². The molecular weight excluding hydrogens is 268 g/mol. The second-order valence-corrected chi connectivity index (χ2v) is 5.64. The van der Waals surface area contributed by atoms with Crippen molar-refractivity contribution >= 4 is 11.3 Å². The number of aryl methyl sites for hydroxylation is 1. The molecule has 1 N–H and O–H groups in total. The minimum atomic E-state index is 0.546. The molecule has 0 saturated heterocycles. The van der Waals surface area contributed by atoms with Crippen molar-refractivity contribution in [2.75, 3.05) is 6.54 Å². The number of aromatic nitrogens is 1. The molecule has 0 saturated carbocycles. The number of hydrogen-bond acceptors (Lipinski definition) is 4. The first kappa shape index (κ1) is 15.0. The maximum atomic E-state index is 5.75. The van der Waals surface area contributed by atoms with Crippen molar-refractivity contribution in [3.63, 3.8) is 0 Å². The molecule has 1 heterocycles. The molecule has 0 fully saturated rings. The van der Waals surface area contributed by atoms with Gasteiger partial charge in [-0.3, -0.25) is 0 Å². The lowest BCUT2D eigenvalue weighted by Crippen LogP contribution is -2.13. The van der Waals surface area contributed by atoms with Crippen LogP contribution in [0.5, 0.6) is 5.75 Å². The largest absolute Gasteiger partial charge is 0.487 e. The molecule has 1 aromatic heterocycles. The first-order chi connectivity index (χ1) is 9.81. The number of thiazole rings is 1. The normalized spacial score (nSPS) is 10.7. The number of nitrogens with one attached hydrogen (secondary N) is 1. The summed E-state index contributed by atoms with van der Waals surface area (Å²) in [6.45, 7) is 6.81. The zero-order valence-electron chi connectivity index (χ0n) is 12.2. The molecule has 0 spiro atoms. The predicted molar refractivity (Wildman–Crippen MR) is 84.3 cm³/mol. The van der Waals surface area contributed by atoms with Crippen molar-refractivity contribution < 1.29 is 4.74 Å². The predicted octanol–water partition coefficient (Wildman–Crippen LogP) is 3.78. The molecule has 0 bridgehead atoms. The molecule has 4 heteroatoms. The van der Waals surface area contributed by atoms with Crippen LogP contribution in [-0.4, -0.2) is 11.5 Å². The highest BCUT2D eigenvalue weighted by molar-refractivity contribution is 7.09. The average Bonchev–Trinajstić information content (AvgIpc) is 2.95. The Bertz CT molecular complexity index is 507. The van der Waals surface area contributed by atoms with Gasteiger partial charge in [-0.25, -0.2) is 4.98 Å². The fourth-order valence-electron chi connectivity index (χ4n) is 1.85. The van der Waals surface area contributed by atoms with Gasteiger partial charge in [0.2, 0.25) is 0 Å². The first-order valence-corrected chi connectivity index (χ1v) is 8.05. The van der Waals surface area contributed by atoms with Crippen molar-refractivity contribution in [1.29, 1.82) is 0 Å². The second-order valence-electron chi connectivity index (χ2n) is 4.70. The summed E-state index contributed by atoms with van der Waals surface area (Å²) in [5.74, 6) is 0.898. The smallest absolute Gasteiger partial charge is 0.131 e. The number of benzene rings is 1. The number of ether oxygens (including phenoxy) is 1. The van der Waals surface area contributed by atoms with E-state index in [2.05, 4.69) is 41.7 Å². The van der Waals surface area contributed by atoms with Gasteiger partial charge in [-0.05, 0) is 37.1 Å². The van der Waals surface area contributed by atoms with Crippen molar-refractivity contribution in [3.05, 3.63) is 45.9 Å². The van der Waals surface area contributed by atoms with Crippen LogP contribution in [0.4, 0.5) is 0 Å². The lowest BCUT2D eigenvalue weighted by Gasteiger charge is -2.06. The lowest BCUT2D eigenvalue weighted by atomic mass is 10.2. The fraction of sp³-hybridized carbons (Fsp3) is 0.438. The van der Waals surface area contributed by atoms with Crippen LogP contribution in [-0.2, 0) is 19.6 Å². The van der Waals surface area contributed by atoms with Gasteiger partial charge in [-0.1, -0.05) is 26.0 Å². The van der Waals surface area contributed by atoms with Gasteiger partial charge in [-0.2, -0.15) is 0 Å². The Morgan fingerprint density at radius 2 is 2.00 bits per heavy atom. The molecule has 0 aliphatic rings. The summed E-state index contributed by atoms with van der Waals surface area (Å²) in [7, 11) is 0. The fourth-order valence-corrected chi connectivity index (χ4v) is 2.58. The monoisotopic (exact) mass is 290 g/mol. The summed E-state index contributed by atoms with van der Waals surface area (Å²) < 4.78 is 5.75. The molecule has 108 valence electrons. The highest BCUT2D eigenvalue weighted by Crippen LogP contribution is 2.16. The standard InChI is InChI=1S/C16H22N2OS/c1-3-9-17-10-13-5-7-15(8-6-13)19-11-14-12-20-16(4-2)18-14/h5-8,12,17H,3-4,9-11H2,1-2H3. The van der Waals surface area contributed by atoms with Crippen LogP contribution in [0.1, 0.15) is 36.5 Å². The van der Waals surface area contributed by atoms with E-state index >= 15 is 0 Å². The van der Waals surface area contributed by atoms with E-state index in [0.29, 0.717) is 6.61 Å². The Kier molecular flexibility index (Phi) is 6.02. The lowest BCUT2D eigenvalue weighted by molar-refractivity contribution is 0.302. The molecule has 0 aliphatic carbocycles. The molecule has 1 aromatic carbocycles. The summed E-state index contributed by atoms with van der Waals surface area (Å²) in [5.41, 5.74) is 2.30. The van der Waals surface area contributed by atoms with Gasteiger partial charge < -0.3 is 10.1 Å². The van der Waals surface area contributed by atoms with Crippen molar-refractivity contribution in [1.82, 2.24) is 10.3 Å². The summed E-state index contributed by atoms with van der Waals surface area (Å²) in [6, 6.07) is 8.26. The molecule has 0 unspecified atom stereocenters. The van der Waals surface area contributed by atoms with E-state index in [1.165, 1.54) is 10.6 Å². The van der Waals surface area contributed by atoms with Crippen LogP contribution in [0.2, 0.25) is 0 Å². The maximum absolute atomic E-state index is 5.75. The molecule has 20 heavy (non-hydrogen) atoms. The highest BCUT2D eigenvalue weighted by Gasteiger charge is 2.01. The van der Waals surface area contributed by atoms with E-state index in [1.54, 1.807) is 11.3 Å². The zero-order valence-corrected chi connectivity index (χ0v) is 13.0. The van der Waals surface area contributed by atoms with Crippen LogP contribution in [0.3, 0.4) is 0 Å². The van der Waals surface area contributed by atoms with Gasteiger partial charge >= 0.3 is 0 Å². The second kappa shape index (κ2) is 8.02. The Balaban J connectivity index is 1.81. The third-order valence-electron chi connectivity index (χ3n) is 2.97. The Morgan fingerprint density at radius 3 is 2.65 bits per heavy atom. The number of rotatable bonds is 8. The summed E-state index contributed by atoms with van der Waals surface area (Å²) in [4.78, 5) is 4.49. The van der Waals surface area contributed by atoms with Gasteiger partial charge in [0.15, 0.2) is 0 Å². The Labute approximate surface area is 125 Å². The van der Waals surface area contributed by atoms with Crippen molar-refractivity contribution in [3.8, 4) is 5.75 Å². The van der Waals surface area contributed by atoms with Crippen LogP contribution >= 0.6 is 11.3 Å². The highest BCUT2D eigenvalue weighted by atomic mass is 32.1. The molecule has 2 aromatic rings. The third-order valence-corrected chi connectivity index (χ3v) is 4.01. The average molecular weight is 290 g/mol. The maximum Gasteiger partial charge on any atom is 0.131 e. The molecule has 3 nitrogen and oxygen atoms in total. The van der Waals surface area contributed by atoms with Crippen molar-refractivity contribution in [2.45, 2.75) is 39.8 Å². The molecule has 0 amide bonds. The third kappa shape index (κ3) is 4.62. The minimum absolute atomic E-state index is 0.546. The van der Waals surface area contributed by atoms with Gasteiger partial charge in [0.05, 0.1) is 10.7 Å². The summed E-state index contributed by atoms with van der Waals surface area (Å²) in [6.07, 6.45) is 2.15. The van der Waals surface area contributed by atoms with Crippen LogP contribution in [0, 0.1) is 0 Å². The molecule has 0 atom stereocenters. The van der Waals surface area contributed by atoms with Crippen molar-refractivity contribution in [2.24, 2.45) is 0 Å². The van der Waals surface area contributed by atoms with Crippen LogP contribution in [0.25, 0.3) is 0 Å². The molecule has 2 rings (SSSR count). The van der Waals surface area contributed by atoms with E-state index in [9.17, 15) is 0 Å². The number of hydrogen-bond donors (Lipinski definition) is 1. The minimum Gasteiger partial charge on any atom is -0.487 e. The molecule has 0 radical (unpaired) electrons. The molecule has 0 aliphatic heterocycles. The Morgan fingerprint density at radius 1 is 1.20 bits per heavy atom. The first-order valence-electron chi connectivity index (χ1n) is 7.17. The van der Waals surface area contributed by atoms with Gasteiger partial charge in [-0.15, -0.1) is 11.3 Å². The quantitative estimate of drug-likeness (QED) is 0.751. The van der Waals surface area contributed by atoms with E-state index in [0.717, 1.165) is 37.4 Å². The summed E-state index contributed by atoms with van der Waals surface area (Å²) >= 11 is 1.70. The summed E-state index contributed by atoms with van der Waals surface area (Å²) in [5, 5.41) is 6.63. The Hall–Kier alpha value is -1.39. The molecular formula is C16H22N2OS. The van der Waals surface area contributed by atoms with Crippen LogP contribution in [0.15, 0.2) is 29.6 Å². The number of nitrogens with zero attached hydrogens (tertiary/aromatic N) is 1. The van der Waals surface area contributed by atoms with E-state index in [-0.39, 0.29) is 0 Å². The zero-order chi connectivity index (χ0) is 14.2. The topological polar surface area (TPSA) is 34.1 Å². The van der Waals surface area contributed by atoms with E-state index in [1.807, 2.05) is 12.1 Å². The van der Waals surface area contributed by atoms with Gasteiger partial charge in [0, 0.05) is 11.9 Å². The van der Waals surface area contributed by atoms with E-state index in [4.69, 9.17) is 4.74 Å². The van der Waals surface area contributed by atoms with E-state index < -0.39 is 0 Å². The SMILES string of the molecule is CCCNCc1ccc(OCc2csc(CC)n2)cc1. The van der Waals surface area contributed by atoms with Gasteiger partial charge in [0.25, 0.3) is 0 Å².